The van der Waals surface area contributed by atoms with E-state index in [4.69, 9.17) is 14.6 Å². The van der Waals surface area contributed by atoms with Crippen molar-refractivity contribution >= 4 is 61.3 Å². The fourth-order valence-corrected chi connectivity index (χ4v) is 8.00. The molecule has 0 unspecified atom stereocenters. The van der Waals surface area contributed by atoms with Crippen LogP contribution in [0.4, 0.5) is 23.7 Å². The first-order valence-corrected chi connectivity index (χ1v) is 16.6. The van der Waals surface area contributed by atoms with Crippen LogP contribution in [0.25, 0.3) is 21.6 Å². The number of aliphatic carboxylic acids is 1. The molecule has 1 fully saturated rings. The molecule has 17 heteroatoms. The van der Waals surface area contributed by atoms with Crippen LogP contribution in [0.2, 0.25) is 0 Å². The summed E-state index contributed by atoms with van der Waals surface area (Å²) in [6, 6.07) is 11.1. The van der Waals surface area contributed by atoms with E-state index in [-0.39, 0.29) is 6.09 Å². The highest BCUT2D eigenvalue weighted by atomic mass is 32.2. The molecule has 0 radical (unpaired) electrons. The highest BCUT2D eigenvalue weighted by Crippen LogP contribution is 2.35. The molecule has 0 spiro atoms. The van der Waals surface area contributed by atoms with E-state index < -0.39 is 22.2 Å². The minimum Gasteiger partial charge on any atom is -0.475 e. The predicted octanol–water partition coefficient (Wildman–Crippen LogP) is 5.48. The van der Waals surface area contributed by atoms with Crippen LogP contribution >= 0.6 is 22.7 Å². The number of anilines is 1. The highest BCUT2D eigenvalue weighted by molar-refractivity contribution is 7.94. The van der Waals surface area contributed by atoms with Gasteiger partial charge in [0.2, 0.25) is 0 Å². The number of piperazine rings is 1. The van der Waals surface area contributed by atoms with Gasteiger partial charge in [-0.05, 0) is 37.4 Å². The van der Waals surface area contributed by atoms with E-state index in [2.05, 4.69) is 14.9 Å². The molecule has 0 saturated carbocycles. The number of thiophene rings is 1. The molecule has 5 rings (SSSR count). The summed E-state index contributed by atoms with van der Waals surface area (Å²) in [4.78, 5) is 34.1. The molecule has 2 N–H and O–H groups in total. The number of fused-ring (bicyclic) bond motifs is 1. The zero-order valence-corrected chi connectivity index (χ0v) is 26.2. The Labute approximate surface area is 259 Å². The first kappa shape index (κ1) is 33.2. The van der Waals surface area contributed by atoms with Gasteiger partial charge in [0, 0.05) is 55.7 Å². The van der Waals surface area contributed by atoms with Gasteiger partial charge in [-0.1, -0.05) is 18.2 Å². The molecule has 1 amide bonds. The maximum Gasteiger partial charge on any atom is 0.490 e. The summed E-state index contributed by atoms with van der Waals surface area (Å²) in [5.74, 6) is -2.76. The lowest BCUT2D eigenvalue weighted by Crippen LogP contribution is -2.48. The summed E-state index contributed by atoms with van der Waals surface area (Å²) in [5.41, 5.74) is 2.25. The number of ether oxygens (including phenoxy) is 1. The Balaban J connectivity index is 0.000000566. The maximum atomic E-state index is 13.3. The number of alkyl halides is 3. The standard InChI is InChI=1S/C25H29N5O4S3.C2HF3O2/c1-3-30(37(32,33)22-9-6-14-35-22)21-8-5-7-18-15-20(27-23(18)21)24-26-16-19(36-24)17-28-10-12-29(13-11-28)25(31)34-4-2;3-2(4,5)1(6)7/h5-9,14-16,27H,3-4,10-13,17H2,1-2H3;(H,6,7). The van der Waals surface area contributed by atoms with E-state index in [9.17, 15) is 26.4 Å². The molecule has 11 nitrogen and oxygen atoms in total. The van der Waals surface area contributed by atoms with Crippen molar-refractivity contribution in [3.63, 3.8) is 0 Å². The molecule has 4 aromatic rings. The fraction of sp³-hybridized carbons (Fsp3) is 0.370. The van der Waals surface area contributed by atoms with Crippen molar-refractivity contribution in [2.75, 3.05) is 43.6 Å². The lowest BCUT2D eigenvalue weighted by atomic mass is 10.2. The highest BCUT2D eigenvalue weighted by Gasteiger charge is 2.38. The Kier molecular flexibility index (Phi) is 10.5. The van der Waals surface area contributed by atoms with Crippen molar-refractivity contribution < 1.29 is 41.0 Å². The van der Waals surface area contributed by atoms with Crippen molar-refractivity contribution in [2.45, 2.75) is 30.8 Å². The quantitative estimate of drug-likeness (QED) is 0.251. The third-order valence-corrected chi connectivity index (χ3v) is 10.8. The van der Waals surface area contributed by atoms with Crippen LogP contribution in [0.15, 0.2) is 52.2 Å². The molecule has 1 aromatic carbocycles. The molecule has 3 aromatic heterocycles. The molecular weight excluding hydrogens is 644 g/mol. The van der Waals surface area contributed by atoms with Crippen molar-refractivity contribution in [3.8, 4) is 10.7 Å². The van der Waals surface area contributed by atoms with E-state index in [0.717, 1.165) is 46.1 Å². The molecular formula is C27H30F3N5O6S3. The zero-order valence-electron chi connectivity index (χ0n) is 23.7. The molecule has 4 heterocycles. The number of aromatic amines is 1. The van der Waals surface area contributed by atoms with Gasteiger partial charge < -0.3 is 19.7 Å². The van der Waals surface area contributed by atoms with Crippen LogP contribution in [0.3, 0.4) is 0 Å². The number of nitrogens with zero attached hydrogens (tertiary/aromatic N) is 4. The van der Waals surface area contributed by atoms with E-state index in [0.29, 0.717) is 36.1 Å². The number of halogens is 3. The average molecular weight is 674 g/mol. The van der Waals surface area contributed by atoms with Gasteiger partial charge in [0.15, 0.2) is 0 Å². The summed E-state index contributed by atoms with van der Waals surface area (Å²) in [5, 5.41) is 10.7. The normalized spacial score (nSPS) is 14.2. The number of carboxylic acids is 1. The van der Waals surface area contributed by atoms with Crippen molar-refractivity contribution in [2.24, 2.45) is 0 Å². The Hall–Kier alpha value is -3.67. The number of carbonyl (C=O) groups is 2. The van der Waals surface area contributed by atoms with E-state index in [1.807, 2.05) is 44.3 Å². The van der Waals surface area contributed by atoms with Crippen molar-refractivity contribution in [3.05, 3.63) is 52.9 Å². The Morgan fingerprint density at radius 2 is 1.84 bits per heavy atom. The van der Waals surface area contributed by atoms with Gasteiger partial charge in [-0.3, -0.25) is 9.21 Å². The Morgan fingerprint density at radius 3 is 2.43 bits per heavy atom. The smallest absolute Gasteiger partial charge is 0.475 e. The minimum atomic E-state index is -5.08. The van der Waals surface area contributed by atoms with E-state index in [1.54, 1.807) is 33.7 Å². The average Bonchev–Trinajstić information content (AvgIpc) is 3.75. The number of hydrogen-bond donors (Lipinski definition) is 2. The number of carbonyl (C=O) groups excluding carboxylic acids is 1. The molecule has 44 heavy (non-hydrogen) atoms. The number of para-hydroxylation sites is 1. The monoisotopic (exact) mass is 673 g/mol. The van der Waals surface area contributed by atoms with Crippen LogP contribution in [0.5, 0.6) is 0 Å². The third-order valence-electron chi connectivity index (χ3n) is 6.53. The molecule has 238 valence electrons. The number of sulfonamides is 1. The van der Waals surface area contributed by atoms with E-state index in [1.165, 1.54) is 15.6 Å². The maximum absolute atomic E-state index is 13.3. The van der Waals surface area contributed by atoms with Crippen LogP contribution in [-0.4, -0.2) is 90.9 Å². The Bertz CT molecular complexity index is 1680. The number of hydrogen-bond acceptors (Lipinski definition) is 9. The number of thiazole rings is 1. The molecule has 1 aliphatic heterocycles. The zero-order chi connectivity index (χ0) is 32.1. The van der Waals surface area contributed by atoms with E-state index >= 15 is 0 Å². The summed E-state index contributed by atoms with van der Waals surface area (Å²) in [7, 11) is -3.65. The summed E-state index contributed by atoms with van der Waals surface area (Å²) >= 11 is 2.83. The molecule has 0 atom stereocenters. The SMILES string of the molecule is CCOC(=O)N1CCN(Cc2cnc(-c3cc4cccc(N(CC)S(=O)(=O)c5cccs5)c4[nH]3)s2)CC1.O=C(O)C(F)(F)F. The van der Waals surface area contributed by atoms with Crippen LogP contribution in [0, 0.1) is 0 Å². The number of benzene rings is 1. The second-order valence-corrected chi connectivity index (χ2v) is 13.6. The van der Waals surface area contributed by atoms with Gasteiger partial charge in [0.1, 0.15) is 9.22 Å². The third kappa shape index (κ3) is 7.69. The lowest BCUT2D eigenvalue weighted by Gasteiger charge is -2.33. The van der Waals surface area contributed by atoms with Crippen molar-refractivity contribution in [1.29, 1.82) is 0 Å². The fourth-order valence-electron chi connectivity index (χ4n) is 4.48. The molecule has 0 aliphatic carbocycles. The largest absolute Gasteiger partial charge is 0.490 e. The number of amides is 1. The van der Waals surface area contributed by atoms with Crippen molar-refractivity contribution in [1.82, 2.24) is 19.8 Å². The van der Waals surface area contributed by atoms with Crippen LogP contribution in [0.1, 0.15) is 18.7 Å². The van der Waals surface area contributed by atoms with Gasteiger partial charge in [0.05, 0.1) is 23.5 Å². The van der Waals surface area contributed by atoms with Gasteiger partial charge in [-0.2, -0.15) is 13.2 Å². The van der Waals surface area contributed by atoms with Gasteiger partial charge in [-0.15, -0.1) is 22.7 Å². The minimum absolute atomic E-state index is 0.245. The summed E-state index contributed by atoms with van der Waals surface area (Å²) in [6.45, 7) is 8.00. The van der Waals surface area contributed by atoms with Gasteiger partial charge in [0.25, 0.3) is 10.0 Å². The number of nitrogens with one attached hydrogen (secondary N) is 1. The summed E-state index contributed by atoms with van der Waals surface area (Å²) < 4.78 is 65.2. The van der Waals surface area contributed by atoms with Gasteiger partial charge >= 0.3 is 18.2 Å². The number of carboxylic acid groups (broad SMARTS) is 1. The molecule has 1 saturated heterocycles. The number of H-pyrrole nitrogens is 1. The van der Waals surface area contributed by atoms with Gasteiger partial charge in [-0.25, -0.2) is 23.0 Å². The second kappa shape index (κ2) is 14.0. The lowest BCUT2D eigenvalue weighted by molar-refractivity contribution is -0.192. The van der Waals surface area contributed by atoms with Crippen LogP contribution in [-0.2, 0) is 26.1 Å². The molecule has 1 aliphatic rings. The first-order chi connectivity index (χ1) is 20.8. The second-order valence-electron chi connectivity index (χ2n) is 9.42. The first-order valence-electron chi connectivity index (χ1n) is 13.4. The molecule has 0 bridgehead atoms. The number of rotatable bonds is 8. The topological polar surface area (TPSA) is 136 Å². The summed E-state index contributed by atoms with van der Waals surface area (Å²) in [6.07, 6.45) is -3.44. The number of aromatic nitrogens is 2. The predicted molar refractivity (Wildman–Crippen MR) is 161 cm³/mol. The van der Waals surface area contributed by atoms with Crippen LogP contribution < -0.4 is 4.31 Å². The Morgan fingerprint density at radius 1 is 1.14 bits per heavy atom.